The fourth-order valence-electron chi connectivity index (χ4n) is 2.24. The van der Waals surface area contributed by atoms with Crippen LogP contribution in [-0.4, -0.2) is 26.3 Å². The minimum atomic E-state index is -5.59. The van der Waals surface area contributed by atoms with Crippen LogP contribution >= 0.6 is 11.3 Å². The molecule has 0 unspecified atom stereocenters. The van der Waals surface area contributed by atoms with E-state index in [1.165, 1.54) is 22.2 Å². The SMILES string of the molecule is O=C(NS(=O)(=O)Cc1cccc(C(=O)C(F)(F)F)c1C(F)(F)F)c1cccs1. The van der Waals surface area contributed by atoms with Crippen molar-refractivity contribution in [3.8, 4) is 0 Å². The van der Waals surface area contributed by atoms with Crippen LogP contribution in [0, 0.1) is 0 Å². The van der Waals surface area contributed by atoms with E-state index in [2.05, 4.69) is 0 Å². The highest BCUT2D eigenvalue weighted by Crippen LogP contribution is 2.37. The van der Waals surface area contributed by atoms with Crippen molar-refractivity contribution in [3.63, 3.8) is 0 Å². The van der Waals surface area contributed by atoms with E-state index in [0.717, 1.165) is 11.3 Å². The molecule has 0 bridgehead atoms. The van der Waals surface area contributed by atoms with Crippen LogP contribution in [0.5, 0.6) is 0 Å². The summed E-state index contributed by atoms with van der Waals surface area (Å²) in [7, 11) is -4.71. The molecular weight excluding hydrogens is 436 g/mol. The summed E-state index contributed by atoms with van der Waals surface area (Å²) in [5.74, 6) is -5.33. The van der Waals surface area contributed by atoms with Gasteiger partial charge in [0.05, 0.1) is 16.2 Å². The lowest BCUT2D eigenvalue weighted by atomic mass is 9.98. The third-order valence-electron chi connectivity index (χ3n) is 3.28. The fraction of sp³-hybridized carbons (Fsp3) is 0.200. The number of hydrogen-bond acceptors (Lipinski definition) is 5. The molecule has 0 spiro atoms. The second-order valence-corrected chi connectivity index (χ2v) is 8.00. The largest absolute Gasteiger partial charge is 0.454 e. The molecule has 1 aromatic heterocycles. The Balaban J connectivity index is 2.45. The first-order valence-electron chi connectivity index (χ1n) is 7.11. The quantitative estimate of drug-likeness (QED) is 0.561. The molecule has 152 valence electrons. The van der Waals surface area contributed by atoms with Gasteiger partial charge in [0.15, 0.2) is 0 Å². The lowest BCUT2D eigenvalue weighted by Gasteiger charge is -2.17. The maximum Gasteiger partial charge on any atom is 0.454 e. The second-order valence-electron chi connectivity index (χ2n) is 5.33. The first kappa shape index (κ1) is 21.9. The lowest BCUT2D eigenvalue weighted by molar-refractivity contribution is -0.139. The average molecular weight is 445 g/mol. The fourth-order valence-corrected chi connectivity index (χ4v) is 4.04. The molecule has 0 aliphatic heterocycles. The van der Waals surface area contributed by atoms with Crippen molar-refractivity contribution < 1.29 is 44.3 Å². The number of thiophene rings is 1. The standard InChI is InChI=1S/C15H9F6NO4S2/c16-14(17,18)11-8(3-1-4-9(11)12(23)15(19,20)21)7-28(25,26)22-13(24)10-5-2-6-27-10/h1-6H,7H2,(H,22,24). The Bertz CT molecular complexity index is 995. The van der Waals surface area contributed by atoms with E-state index in [4.69, 9.17) is 0 Å². The smallest absolute Gasteiger partial charge is 0.284 e. The molecule has 5 nitrogen and oxygen atoms in total. The molecule has 28 heavy (non-hydrogen) atoms. The summed E-state index contributed by atoms with van der Waals surface area (Å²) < 4.78 is 103. The van der Waals surface area contributed by atoms with E-state index in [9.17, 15) is 44.3 Å². The predicted molar refractivity (Wildman–Crippen MR) is 86.2 cm³/mol. The lowest BCUT2D eigenvalue weighted by Crippen LogP contribution is -2.32. The van der Waals surface area contributed by atoms with Gasteiger partial charge in [0.2, 0.25) is 10.0 Å². The van der Waals surface area contributed by atoms with E-state index in [0.29, 0.717) is 18.2 Å². The van der Waals surface area contributed by atoms with Gasteiger partial charge in [0, 0.05) is 5.56 Å². The van der Waals surface area contributed by atoms with Gasteiger partial charge >= 0.3 is 12.4 Å². The van der Waals surface area contributed by atoms with Crippen LogP contribution in [0.2, 0.25) is 0 Å². The molecule has 2 aromatic rings. The van der Waals surface area contributed by atoms with Crippen molar-refractivity contribution in [2.24, 2.45) is 0 Å². The number of nitrogens with one attached hydrogen (secondary N) is 1. The van der Waals surface area contributed by atoms with E-state index in [1.807, 2.05) is 0 Å². The van der Waals surface area contributed by atoms with Crippen molar-refractivity contribution in [1.82, 2.24) is 4.72 Å². The number of sulfonamides is 1. The van der Waals surface area contributed by atoms with E-state index < -0.39 is 56.5 Å². The molecule has 0 saturated heterocycles. The van der Waals surface area contributed by atoms with Gasteiger partial charge in [0.1, 0.15) is 0 Å². The number of carbonyl (C=O) groups is 2. The summed E-state index contributed by atoms with van der Waals surface area (Å²) in [4.78, 5) is 23.1. The zero-order valence-electron chi connectivity index (χ0n) is 13.4. The Hall–Kier alpha value is -2.41. The minimum absolute atomic E-state index is 0.0411. The van der Waals surface area contributed by atoms with Crippen LogP contribution in [0.3, 0.4) is 0 Å². The molecular formula is C15H9F6NO4S2. The number of amides is 1. The monoisotopic (exact) mass is 445 g/mol. The highest BCUT2D eigenvalue weighted by atomic mass is 32.2. The normalized spacial score (nSPS) is 12.6. The van der Waals surface area contributed by atoms with Crippen molar-refractivity contribution in [2.75, 3.05) is 0 Å². The summed E-state index contributed by atoms with van der Waals surface area (Å²) >= 11 is 0.868. The van der Waals surface area contributed by atoms with E-state index in [1.54, 1.807) is 0 Å². The molecule has 1 heterocycles. The number of benzene rings is 1. The summed E-state index contributed by atoms with van der Waals surface area (Å²) in [6.07, 6.45) is -11.0. The van der Waals surface area contributed by atoms with Gasteiger partial charge in [-0.3, -0.25) is 9.59 Å². The molecule has 0 radical (unpaired) electrons. The number of ketones is 1. The first-order valence-corrected chi connectivity index (χ1v) is 9.64. The van der Waals surface area contributed by atoms with Crippen LogP contribution < -0.4 is 4.72 Å². The number of alkyl halides is 6. The predicted octanol–water partition coefficient (Wildman–Crippen LogP) is 3.77. The third-order valence-corrected chi connectivity index (χ3v) is 5.33. The molecule has 1 amide bonds. The van der Waals surface area contributed by atoms with Crippen LogP contribution in [0.4, 0.5) is 26.3 Å². The molecule has 1 aromatic carbocycles. The summed E-state index contributed by atoms with van der Waals surface area (Å²) in [5.41, 5.74) is -4.85. The Morgan fingerprint density at radius 1 is 1.00 bits per heavy atom. The van der Waals surface area contributed by atoms with Crippen LogP contribution in [0.15, 0.2) is 35.7 Å². The first-order chi connectivity index (χ1) is 12.7. The summed E-state index contributed by atoms with van der Waals surface area (Å²) in [6, 6.07) is 4.31. The van der Waals surface area contributed by atoms with Gasteiger partial charge in [-0.25, -0.2) is 13.1 Å². The highest BCUT2D eigenvalue weighted by Gasteiger charge is 2.46. The number of halogens is 6. The zero-order chi connectivity index (χ0) is 21.3. The average Bonchev–Trinajstić information content (AvgIpc) is 3.05. The maximum absolute atomic E-state index is 13.3. The number of rotatable bonds is 5. The molecule has 2 rings (SSSR count). The van der Waals surface area contributed by atoms with Gasteiger partial charge < -0.3 is 0 Å². The van der Waals surface area contributed by atoms with Gasteiger partial charge in [-0.1, -0.05) is 24.3 Å². The number of Topliss-reactive ketones (excluding diaryl/α,β-unsaturated/α-hetero) is 1. The van der Waals surface area contributed by atoms with Gasteiger partial charge in [-0.2, -0.15) is 26.3 Å². The van der Waals surface area contributed by atoms with Gasteiger partial charge in [0.25, 0.3) is 11.7 Å². The maximum atomic E-state index is 13.3. The molecule has 0 atom stereocenters. The number of hydrogen-bond donors (Lipinski definition) is 1. The topological polar surface area (TPSA) is 80.3 Å². The molecule has 0 aliphatic carbocycles. The summed E-state index contributed by atoms with van der Waals surface area (Å²) in [5, 5.41) is 1.45. The highest BCUT2D eigenvalue weighted by molar-refractivity contribution is 7.89. The summed E-state index contributed by atoms with van der Waals surface area (Å²) in [6.45, 7) is 0. The van der Waals surface area contributed by atoms with Crippen molar-refractivity contribution >= 4 is 33.1 Å². The van der Waals surface area contributed by atoms with E-state index in [-0.39, 0.29) is 4.88 Å². The molecule has 1 N–H and O–H groups in total. The number of carbonyl (C=O) groups excluding carboxylic acids is 2. The van der Waals surface area contributed by atoms with Crippen molar-refractivity contribution in [3.05, 3.63) is 57.3 Å². The molecule has 0 aliphatic rings. The van der Waals surface area contributed by atoms with E-state index >= 15 is 0 Å². The van der Waals surface area contributed by atoms with Crippen molar-refractivity contribution in [2.45, 2.75) is 18.1 Å². The second kappa shape index (κ2) is 7.54. The van der Waals surface area contributed by atoms with Crippen LogP contribution in [0.1, 0.15) is 31.2 Å². The molecule has 0 saturated carbocycles. The third kappa shape index (κ3) is 5.10. The Morgan fingerprint density at radius 2 is 1.64 bits per heavy atom. The van der Waals surface area contributed by atoms with Gasteiger partial charge in [-0.05, 0) is 17.0 Å². The Labute approximate surface area is 158 Å². The zero-order valence-corrected chi connectivity index (χ0v) is 15.0. The Kier molecular flexibility index (Phi) is 5.90. The molecule has 0 fully saturated rings. The minimum Gasteiger partial charge on any atom is -0.284 e. The van der Waals surface area contributed by atoms with Crippen molar-refractivity contribution in [1.29, 1.82) is 0 Å². The Morgan fingerprint density at radius 3 is 2.14 bits per heavy atom. The molecule has 13 heteroatoms. The van der Waals surface area contributed by atoms with Crippen LogP contribution in [0.25, 0.3) is 0 Å². The van der Waals surface area contributed by atoms with Crippen LogP contribution in [-0.2, 0) is 22.0 Å². The van der Waals surface area contributed by atoms with Gasteiger partial charge in [-0.15, -0.1) is 11.3 Å².